The molecule has 0 aliphatic rings. The maximum atomic E-state index is 13.8. The van der Waals surface area contributed by atoms with Crippen molar-refractivity contribution >= 4 is 0 Å². The van der Waals surface area contributed by atoms with E-state index in [1.54, 1.807) is 0 Å². The van der Waals surface area contributed by atoms with E-state index in [1.807, 2.05) is 6.92 Å². The maximum absolute atomic E-state index is 13.8. The Hall–Kier alpha value is -0.150. The Bertz CT molecular complexity index is 191. The van der Waals surface area contributed by atoms with Crippen LogP contribution in [-0.2, 0) is 9.47 Å². The minimum absolute atomic E-state index is 0.0915. The van der Waals surface area contributed by atoms with Gasteiger partial charge >= 0.3 is 0 Å². The molecule has 0 aromatic carbocycles. The lowest BCUT2D eigenvalue weighted by atomic mass is 10.0. The van der Waals surface area contributed by atoms with Gasteiger partial charge in [0.15, 0.2) is 0 Å². The summed E-state index contributed by atoms with van der Waals surface area (Å²) in [6.07, 6.45) is 4.08. The molecule has 0 saturated heterocycles. The van der Waals surface area contributed by atoms with E-state index >= 15 is 0 Å². The molecule has 2 nitrogen and oxygen atoms in total. The average molecular weight is 248 g/mol. The highest BCUT2D eigenvalue weighted by molar-refractivity contribution is 4.68. The van der Waals surface area contributed by atoms with E-state index < -0.39 is 5.85 Å². The van der Waals surface area contributed by atoms with Crippen LogP contribution in [0.15, 0.2) is 0 Å². The average Bonchev–Trinajstić information content (AvgIpc) is 2.22. The molecule has 0 aliphatic carbocycles. The largest absolute Gasteiger partial charge is 0.376 e. The first kappa shape index (κ1) is 16.9. The summed E-state index contributed by atoms with van der Waals surface area (Å²) in [7, 11) is 0. The third kappa shape index (κ3) is 9.54. The van der Waals surface area contributed by atoms with Crippen LogP contribution < -0.4 is 0 Å². The summed E-state index contributed by atoms with van der Waals surface area (Å²) >= 11 is 0. The second-order valence-electron chi connectivity index (χ2n) is 5.41. The summed E-state index contributed by atoms with van der Waals surface area (Å²) < 4.78 is 24.7. The van der Waals surface area contributed by atoms with Crippen LogP contribution in [0.2, 0.25) is 0 Å². The van der Waals surface area contributed by atoms with E-state index in [1.165, 1.54) is 6.92 Å². The van der Waals surface area contributed by atoms with Crippen molar-refractivity contribution in [1.82, 2.24) is 0 Å². The third-order valence-corrected chi connectivity index (χ3v) is 2.72. The van der Waals surface area contributed by atoms with Gasteiger partial charge in [-0.3, -0.25) is 0 Å². The molecule has 0 spiro atoms. The highest BCUT2D eigenvalue weighted by atomic mass is 19.2. The lowest BCUT2D eigenvalue weighted by Gasteiger charge is -2.26. The second kappa shape index (κ2) is 8.04. The van der Waals surface area contributed by atoms with E-state index in [-0.39, 0.29) is 5.60 Å². The molecule has 0 aromatic heterocycles. The summed E-state index contributed by atoms with van der Waals surface area (Å²) in [5.74, 6) is -1.51. The SMILES string of the molecule is CCCOC(C)(F)CCCOC(C)(C)CCC. The molecule has 0 rings (SSSR count). The summed E-state index contributed by atoms with van der Waals surface area (Å²) in [6, 6.07) is 0. The van der Waals surface area contributed by atoms with Crippen molar-refractivity contribution < 1.29 is 13.9 Å². The van der Waals surface area contributed by atoms with Crippen molar-refractivity contribution in [3.8, 4) is 0 Å². The number of halogens is 1. The maximum Gasteiger partial charge on any atom is 0.206 e. The molecule has 0 saturated carbocycles. The predicted molar refractivity (Wildman–Crippen MR) is 69.9 cm³/mol. The zero-order valence-corrected chi connectivity index (χ0v) is 12.1. The van der Waals surface area contributed by atoms with Gasteiger partial charge in [-0.2, -0.15) is 0 Å². The molecule has 1 unspecified atom stereocenters. The van der Waals surface area contributed by atoms with Gasteiger partial charge in [-0.05, 0) is 40.0 Å². The molecule has 0 heterocycles. The van der Waals surface area contributed by atoms with Crippen LogP contribution in [-0.4, -0.2) is 24.7 Å². The van der Waals surface area contributed by atoms with Crippen molar-refractivity contribution in [2.24, 2.45) is 0 Å². The smallest absolute Gasteiger partial charge is 0.206 e. The van der Waals surface area contributed by atoms with E-state index in [2.05, 4.69) is 20.8 Å². The number of ether oxygens (including phenoxy) is 2. The van der Waals surface area contributed by atoms with Gasteiger partial charge in [0.25, 0.3) is 0 Å². The minimum atomic E-state index is -1.51. The van der Waals surface area contributed by atoms with Gasteiger partial charge in [0.1, 0.15) is 0 Å². The minimum Gasteiger partial charge on any atom is -0.376 e. The van der Waals surface area contributed by atoms with Crippen molar-refractivity contribution in [3.05, 3.63) is 0 Å². The molecule has 0 amide bonds. The fraction of sp³-hybridized carbons (Fsp3) is 1.00. The number of hydrogen-bond acceptors (Lipinski definition) is 2. The van der Waals surface area contributed by atoms with E-state index in [9.17, 15) is 4.39 Å². The molecule has 3 heteroatoms. The van der Waals surface area contributed by atoms with E-state index in [0.717, 1.165) is 19.3 Å². The monoisotopic (exact) mass is 248 g/mol. The van der Waals surface area contributed by atoms with Gasteiger partial charge in [0, 0.05) is 13.0 Å². The molecule has 0 aliphatic heterocycles. The van der Waals surface area contributed by atoms with Crippen LogP contribution in [0.1, 0.15) is 66.7 Å². The topological polar surface area (TPSA) is 18.5 Å². The number of rotatable bonds is 10. The Kier molecular flexibility index (Phi) is 7.97. The molecule has 17 heavy (non-hydrogen) atoms. The zero-order chi connectivity index (χ0) is 13.4. The van der Waals surface area contributed by atoms with Gasteiger partial charge in [-0.15, -0.1) is 0 Å². The fourth-order valence-electron chi connectivity index (χ4n) is 1.80. The first-order valence-electron chi connectivity index (χ1n) is 6.80. The molecule has 0 N–H and O–H groups in total. The molecule has 0 bridgehead atoms. The van der Waals surface area contributed by atoms with Gasteiger partial charge in [0.2, 0.25) is 5.85 Å². The van der Waals surface area contributed by atoms with Crippen molar-refractivity contribution in [2.45, 2.75) is 78.2 Å². The van der Waals surface area contributed by atoms with Crippen LogP contribution in [0.4, 0.5) is 4.39 Å². The molecule has 0 radical (unpaired) electrons. The summed E-state index contributed by atoms with van der Waals surface area (Å²) in [5, 5.41) is 0. The highest BCUT2D eigenvalue weighted by Crippen LogP contribution is 2.21. The Morgan fingerprint density at radius 2 is 1.53 bits per heavy atom. The zero-order valence-electron chi connectivity index (χ0n) is 12.1. The molecule has 0 aromatic rings. The predicted octanol–water partition coefficient (Wildman–Crippen LogP) is 4.47. The van der Waals surface area contributed by atoms with Crippen molar-refractivity contribution in [2.75, 3.05) is 13.2 Å². The normalized spacial score (nSPS) is 15.9. The fourth-order valence-corrected chi connectivity index (χ4v) is 1.80. The van der Waals surface area contributed by atoms with Crippen LogP contribution in [0.25, 0.3) is 0 Å². The van der Waals surface area contributed by atoms with Gasteiger partial charge in [0.05, 0.1) is 12.2 Å². The Morgan fingerprint density at radius 1 is 0.882 bits per heavy atom. The van der Waals surface area contributed by atoms with Crippen LogP contribution in [0, 0.1) is 0 Å². The Balaban J connectivity index is 3.69. The number of alkyl halides is 1. The quantitative estimate of drug-likeness (QED) is 0.531. The number of hydrogen-bond donors (Lipinski definition) is 0. The second-order valence-corrected chi connectivity index (χ2v) is 5.41. The third-order valence-electron chi connectivity index (χ3n) is 2.72. The van der Waals surface area contributed by atoms with Crippen LogP contribution in [0.5, 0.6) is 0 Å². The van der Waals surface area contributed by atoms with E-state index in [4.69, 9.17) is 9.47 Å². The van der Waals surface area contributed by atoms with Gasteiger partial charge in [-0.25, -0.2) is 4.39 Å². The van der Waals surface area contributed by atoms with Crippen LogP contribution >= 0.6 is 0 Å². The van der Waals surface area contributed by atoms with Gasteiger partial charge < -0.3 is 9.47 Å². The standard InChI is InChI=1S/C14H29FO2/c1-6-9-13(3,4)16-12-8-10-14(5,15)17-11-7-2/h6-12H2,1-5H3. The van der Waals surface area contributed by atoms with Crippen LogP contribution in [0.3, 0.4) is 0 Å². The molecule has 1 atom stereocenters. The first-order chi connectivity index (χ1) is 7.83. The lowest BCUT2D eigenvalue weighted by Crippen LogP contribution is -2.27. The van der Waals surface area contributed by atoms with Gasteiger partial charge in [-0.1, -0.05) is 20.3 Å². The summed E-state index contributed by atoms with van der Waals surface area (Å²) in [4.78, 5) is 0. The Morgan fingerprint density at radius 3 is 2.06 bits per heavy atom. The molecular formula is C14H29FO2. The van der Waals surface area contributed by atoms with E-state index in [0.29, 0.717) is 26.1 Å². The first-order valence-corrected chi connectivity index (χ1v) is 6.80. The van der Waals surface area contributed by atoms with Crippen molar-refractivity contribution in [3.63, 3.8) is 0 Å². The van der Waals surface area contributed by atoms with Crippen molar-refractivity contribution in [1.29, 1.82) is 0 Å². The lowest BCUT2D eigenvalue weighted by molar-refractivity contribution is -0.140. The molecular weight excluding hydrogens is 219 g/mol. The molecule has 0 fully saturated rings. The Labute approximate surface area is 106 Å². The summed E-state index contributed by atoms with van der Waals surface area (Å²) in [6.45, 7) is 10.9. The highest BCUT2D eigenvalue weighted by Gasteiger charge is 2.23. The summed E-state index contributed by atoms with van der Waals surface area (Å²) in [5.41, 5.74) is -0.0915. The molecule has 104 valence electrons.